The first-order valence-corrected chi connectivity index (χ1v) is 7.61. The standard InChI is InChI=1S/C15H26N4O/c1-4-9-20-14-10-12(2)17-15(18-14)16-11-13-7-5-6-8-19(13)3/h10,13H,4-9,11H2,1-3H3,(H,16,17,18). The molecule has 1 N–H and O–H groups in total. The normalized spacial score (nSPS) is 19.9. The molecule has 0 radical (unpaired) electrons. The van der Waals surface area contributed by atoms with E-state index in [1.807, 2.05) is 13.0 Å². The fourth-order valence-corrected chi connectivity index (χ4v) is 2.51. The van der Waals surface area contributed by atoms with Crippen LogP contribution in [0.3, 0.4) is 0 Å². The molecule has 5 heteroatoms. The summed E-state index contributed by atoms with van der Waals surface area (Å²) < 4.78 is 5.59. The first-order chi connectivity index (χ1) is 9.69. The zero-order valence-corrected chi connectivity index (χ0v) is 12.9. The van der Waals surface area contributed by atoms with Gasteiger partial charge < -0.3 is 15.0 Å². The summed E-state index contributed by atoms with van der Waals surface area (Å²) in [7, 11) is 2.19. The first kappa shape index (κ1) is 15.0. The maximum atomic E-state index is 5.59. The third-order valence-corrected chi connectivity index (χ3v) is 3.70. The van der Waals surface area contributed by atoms with Crippen molar-refractivity contribution in [3.63, 3.8) is 0 Å². The molecule has 1 aliphatic rings. The molecule has 0 saturated carbocycles. The number of rotatable bonds is 6. The average molecular weight is 278 g/mol. The number of aryl methyl sites for hydroxylation is 1. The lowest BCUT2D eigenvalue weighted by molar-refractivity contribution is 0.194. The molecule has 1 saturated heterocycles. The number of aromatic nitrogens is 2. The van der Waals surface area contributed by atoms with Gasteiger partial charge in [0.15, 0.2) is 0 Å². The molecule has 1 aromatic heterocycles. The quantitative estimate of drug-likeness (QED) is 0.866. The van der Waals surface area contributed by atoms with Crippen molar-refractivity contribution in [1.29, 1.82) is 0 Å². The van der Waals surface area contributed by atoms with Crippen molar-refractivity contribution in [2.45, 2.75) is 45.6 Å². The van der Waals surface area contributed by atoms with Gasteiger partial charge in [-0.2, -0.15) is 4.98 Å². The SMILES string of the molecule is CCCOc1cc(C)nc(NCC2CCCCN2C)n1. The molecule has 0 amide bonds. The van der Waals surface area contributed by atoms with Gasteiger partial charge in [0.05, 0.1) is 6.61 Å². The zero-order valence-electron chi connectivity index (χ0n) is 12.9. The van der Waals surface area contributed by atoms with Gasteiger partial charge in [-0.05, 0) is 39.8 Å². The Morgan fingerprint density at radius 1 is 1.40 bits per heavy atom. The number of hydrogen-bond acceptors (Lipinski definition) is 5. The lowest BCUT2D eigenvalue weighted by Crippen LogP contribution is -2.41. The van der Waals surface area contributed by atoms with E-state index in [1.165, 1.54) is 25.8 Å². The van der Waals surface area contributed by atoms with E-state index in [9.17, 15) is 0 Å². The van der Waals surface area contributed by atoms with E-state index in [0.29, 0.717) is 24.5 Å². The molecule has 1 fully saturated rings. The summed E-state index contributed by atoms with van der Waals surface area (Å²) in [6, 6.07) is 2.46. The Balaban J connectivity index is 1.92. The van der Waals surface area contributed by atoms with Crippen LogP contribution in [-0.2, 0) is 0 Å². The summed E-state index contributed by atoms with van der Waals surface area (Å²) in [6.07, 6.45) is 4.85. The number of nitrogens with one attached hydrogen (secondary N) is 1. The summed E-state index contributed by atoms with van der Waals surface area (Å²) >= 11 is 0. The Bertz CT molecular complexity index is 424. The van der Waals surface area contributed by atoms with Crippen molar-refractivity contribution in [3.8, 4) is 5.88 Å². The topological polar surface area (TPSA) is 50.3 Å². The van der Waals surface area contributed by atoms with E-state index in [4.69, 9.17) is 4.74 Å². The third kappa shape index (κ3) is 4.34. The van der Waals surface area contributed by atoms with Crippen LogP contribution in [0.25, 0.3) is 0 Å². The van der Waals surface area contributed by atoms with Crippen LogP contribution in [0, 0.1) is 6.92 Å². The van der Waals surface area contributed by atoms with Crippen molar-refractivity contribution in [2.24, 2.45) is 0 Å². The lowest BCUT2D eigenvalue weighted by Gasteiger charge is -2.32. The molecule has 1 aliphatic heterocycles. The van der Waals surface area contributed by atoms with E-state index in [0.717, 1.165) is 18.7 Å². The molecule has 0 aliphatic carbocycles. The number of piperidine rings is 1. The van der Waals surface area contributed by atoms with Crippen LogP contribution in [0.15, 0.2) is 6.07 Å². The van der Waals surface area contributed by atoms with Crippen molar-refractivity contribution < 1.29 is 4.74 Å². The Hall–Kier alpha value is -1.36. The summed E-state index contributed by atoms with van der Waals surface area (Å²) in [6.45, 7) is 6.84. The molecule has 2 rings (SSSR count). The van der Waals surface area contributed by atoms with E-state index < -0.39 is 0 Å². The number of ether oxygens (including phenoxy) is 1. The van der Waals surface area contributed by atoms with Crippen molar-refractivity contribution in [3.05, 3.63) is 11.8 Å². The number of hydrogen-bond donors (Lipinski definition) is 1. The minimum Gasteiger partial charge on any atom is -0.478 e. The highest BCUT2D eigenvalue weighted by molar-refractivity contribution is 5.30. The molecule has 0 aromatic carbocycles. The highest BCUT2D eigenvalue weighted by atomic mass is 16.5. The van der Waals surface area contributed by atoms with Crippen molar-refractivity contribution in [2.75, 3.05) is 32.1 Å². The molecule has 1 aromatic rings. The minimum atomic E-state index is 0.577. The van der Waals surface area contributed by atoms with Crippen LogP contribution in [0.5, 0.6) is 5.88 Å². The molecule has 2 heterocycles. The van der Waals surface area contributed by atoms with E-state index >= 15 is 0 Å². The molecular weight excluding hydrogens is 252 g/mol. The Morgan fingerprint density at radius 3 is 3.00 bits per heavy atom. The van der Waals surface area contributed by atoms with Gasteiger partial charge in [0.25, 0.3) is 0 Å². The van der Waals surface area contributed by atoms with E-state index in [-0.39, 0.29) is 0 Å². The fourth-order valence-electron chi connectivity index (χ4n) is 2.51. The highest BCUT2D eigenvalue weighted by Gasteiger charge is 2.18. The summed E-state index contributed by atoms with van der Waals surface area (Å²) in [5, 5.41) is 3.36. The van der Waals surface area contributed by atoms with E-state index in [1.54, 1.807) is 0 Å². The first-order valence-electron chi connectivity index (χ1n) is 7.61. The second kappa shape index (κ2) is 7.43. The van der Waals surface area contributed by atoms with Crippen LogP contribution in [0.4, 0.5) is 5.95 Å². The lowest BCUT2D eigenvalue weighted by atomic mass is 10.0. The van der Waals surface area contributed by atoms with Crippen LogP contribution >= 0.6 is 0 Å². The molecule has 0 spiro atoms. The maximum absolute atomic E-state index is 5.59. The number of nitrogens with zero attached hydrogens (tertiary/aromatic N) is 3. The van der Waals surface area contributed by atoms with Crippen molar-refractivity contribution in [1.82, 2.24) is 14.9 Å². The van der Waals surface area contributed by atoms with Crippen LogP contribution in [0.2, 0.25) is 0 Å². The summed E-state index contributed by atoms with van der Waals surface area (Å²) in [4.78, 5) is 11.3. The highest BCUT2D eigenvalue weighted by Crippen LogP contribution is 2.16. The summed E-state index contributed by atoms with van der Waals surface area (Å²) in [5.74, 6) is 1.34. The summed E-state index contributed by atoms with van der Waals surface area (Å²) in [5.41, 5.74) is 0.936. The average Bonchev–Trinajstić information content (AvgIpc) is 2.44. The number of likely N-dealkylation sites (tertiary alicyclic amines) is 1. The molecular formula is C15H26N4O. The van der Waals surface area contributed by atoms with Gasteiger partial charge in [0, 0.05) is 24.3 Å². The minimum absolute atomic E-state index is 0.577. The number of anilines is 1. The maximum Gasteiger partial charge on any atom is 0.226 e. The third-order valence-electron chi connectivity index (χ3n) is 3.70. The van der Waals surface area contributed by atoms with Gasteiger partial charge in [-0.1, -0.05) is 13.3 Å². The fraction of sp³-hybridized carbons (Fsp3) is 0.733. The Kier molecular flexibility index (Phi) is 5.59. The van der Waals surface area contributed by atoms with Gasteiger partial charge in [-0.15, -0.1) is 0 Å². The monoisotopic (exact) mass is 278 g/mol. The van der Waals surface area contributed by atoms with Gasteiger partial charge in [0.2, 0.25) is 11.8 Å². The second-order valence-electron chi connectivity index (χ2n) is 5.53. The predicted octanol–water partition coefficient (Wildman–Crippen LogP) is 2.47. The molecule has 1 atom stereocenters. The second-order valence-corrected chi connectivity index (χ2v) is 5.53. The number of likely N-dealkylation sites (N-methyl/N-ethyl adjacent to an activating group) is 1. The largest absolute Gasteiger partial charge is 0.478 e. The molecule has 0 bridgehead atoms. The molecule has 20 heavy (non-hydrogen) atoms. The zero-order chi connectivity index (χ0) is 14.4. The Morgan fingerprint density at radius 2 is 2.25 bits per heavy atom. The van der Waals surface area contributed by atoms with Gasteiger partial charge in [0.1, 0.15) is 0 Å². The van der Waals surface area contributed by atoms with Gasteiger partial charge in [-0.25, -0.2) is 4.98 Å². The van der Waals surface area contributed by atoms with Crippen LogP contribution < -0.4 is 10.1 Å². The van der Waals surface area contributed by atoms with Gasteiger partial charge in [-0.3, -0.25) is 0 Å². The van der Waals surface area contributed by atoms with Gasteiger partial charge >= 0.3 is 0 Å². The van der Waals surface area contributed by atoms with Crippen LogP contribution in [0.1, 0.15) is 38.3 Å². The van der Waals surface area contributed by atoms with Crippen molar-refractivity contribution >= 4 is 5.95 Å². The van der Waals surface area contributed by atoms with E-state index in [2.05, 4.69) is 34.2 Å². The van der Waals surface area contributed by atoms with Crippen LogP contribution in [-0.4, -0.2) is 47.7 Å². The molecule has 112 valence electrons. The smallest absolute Gasteiger partial charge is 0.226 e. The molecule has 5 nitrogen and oxygen atoms in total. The molecule has 1 unspecified atom stereocenters. The Labute approximate surface area is 121 Å². The predicted molar refractivity (Wildman–Crippen MR) is 81.3 cm³/mol.